The summed E-state index contributed by atoms with van der Waals surface area (Å²) >= 11 is 3.47. The van der Waals surface area contributed by atoms with Crippen molar-refractivity contribution in [1.29, 1.82) is 5.26 Å². The lowest BCUT2D eigenvalue weighted by Gasteiger charge is -2.36. The lowest BCUT2D eigenvalue weighted by molar-refractivity contribution is -0.209. The van der Waals surface area contributed by atoms with Gasteiger partial charge in [-0.3, -0.25) is 0 Å². The Morgan fingerprint density at radius 3 is 2.53 bits per heavy atom. The number of fused-ring (bicyclic) bond motifs is 4. The molecule has 2 aliphatic rings. The van der Waals surface area contributed by atoms with E-state index in [4.69, 9.17) is 14.2 Å². The molecule has 160 valence electrons. The quantitative estimate of drug-likeness (QED) is 0.477. The normalized spacial score (nSPS) is 23.1. The van der Waals surface area contributed by atoms with E-state index >= 15 is 0 Å². The van der Waals surface area contributed by atoms with Gasteiger partial charge in [0.1, 0.15) is 5.75 Å². The van der Waals surface area contributed by atoms with E-state index in [0.29, 0.717) is 16.9 Å². The van der Waals surface area contributed by atoms with Crippen LogP contribution in [0.3, 0.4) is 0 Å². The Morgan fingerprint density at radius 2 is 1.84 bits per heavy atom. The summed E-state index contributed by atoms with van der Waals surface area (Å²) in [6, 6.07) is 23.4. The van der Waals surface area contributed by atoms with Crippen LogP contribution >= 0.6 is 15.9 Å². The first-order valence-corrected chi connectivity index (χ1v) is 11.0. The maximum absolute atomic E-state index is 13.4. The molecule has 0 aromatic heterocycles. The van der Waals surface area contributed by atoms with Crippen LogP contribution in [0.25, 0.3) is 0 Å². The van der Waals surface area contributed by atoms with Crippen molar-refractivity contribution in [1.82, 2.24) is 0 Å². The Labute approximate surface area is 194 Å². The van der Waals surface area contributed by atoms with Crippen molar-refractivity contribution in [2.75, 3.05) is 11.5 Å². The number of nitriles is 1. The number of carbonyl (C=O) groups excluding carboxylic acids is 1. The molecule has 7 heteroatoms. The number of halogens is 1. The number of esters is 1. The van der Waals surface area contributed by atoms with Gasteiger partial charge in [-0.05, 0) is 49.4 Å². The van der Waals surface area contributed by atoms with Gasteiger partial charge >= 0.3 is 5.97 Å². The maximum Gasteiger partial charge on any atom is 0.336 e. The van der Waals surface area contributed by atoms with Crippen molar-refractivity contribution in [2.45, 2.75) is 25.0 Å². The highest BCUT2D eigenvalue weighted by atomic mass is 79.9. The molecule has 3 aromatic rings. The van der Waals surface area contributed by atoms with Crippen molar-refractivity contribution in [2.24, 2.45) is 0 Å². The second-order valence-corrected chi connectivity index (χ2v) is 8.42. The average Bonchev–Trinajstić information content (AvgIpc) is 3.10. The minimum absolute atomic E-state index is 0.227. The Bertz CT molecular complexity index is 1210. The molecule has 3 aromatic carbocycles. The topological polar surface area (TPSA) is 71.8 Å². The van der Waals surface area contributed by atoms with E-state index in [9.17, 15) is 10.1 Å². The SMILES string of the molecule is CCOC(=O)[C@@H]1N(c2ccc(Br)cc2)[C@H]2O[C@]1(c1ccc(C#N)cc1)Oc1ccccc12. The molecule has 2 bridgehead atoms. The van der Waals surface area contributed by atoms with Crippen LogP contribution in [0.4, 0.5) is 5.69 Å². The molecule has 2 heterocycles. The predicted molar refractivity (Wildman–Crippen MR) is 121 cm³/mol. The average molecular weight is 491 g/mol. The number of benzene rings is 3. The molecule has 2 aliphatic heterocycles. The van der Waals surface area contributed by atoms with Crippen molar-refractivity contribution >= 4 is 27.6 Å². The van der Waals surface area contributed by atoms with E-state index in [-0.39, 0.29) is 6.61 Å². The number of anilines is 1. The van der Waals surface area contributed by atoms with E-state index in [1.54, 1.807) is 31.2 Å². The predicted octanol–water partition coefficient (Wildman–Crippen LogP) is 5.03. The fraction of sp³-hybridized carbons (Fsp3) is 0.200. The standard InChI is InChI=1S/C25H19BrN2O4/c1-2-30-24(29)22-25(17-9-7-16(15-27)8-10-17)31-21-6-4-3-5-20(21)23(32-25)28(22)19-13-11-18(26)12-14-19/h3-14,22-23H,2H2,1H3/t22-,23-,25-/m0/s1. The highest BCUT2D eigenvalue weighted by Crippen LogP contribution is 2.55. The molecule has 0 unspecified atom stereocenters. The van der Waals surface area contributed by atoms with Crippen LogP contribution in [0.5, 0.6) is 5.75 Å². The van der Waals surface area contributed by atoms with Crippen LogP contribution in [0.2, 0.25) is 0 Å². The number of rotatable bonds is 4. The van der Waals surface area contributed by atoms with Crippen LogP contribution in [0, 0.1) is 11.3 Å². The highest BCUT2D eigenvalue weighted by molar-refractivity contribution is 9.10. The van der Waals surface area contributed by atoms with Gasteiger partial charge in [0.15, 0.2) is 6.23 Å². The first-order chi connectivity index (χ1) is 15.6. The third-order valence-corrected chi connectivity index (χ3v) is 6.20. The van der Waals surface area contributed by atoms with E-state index in [1.165, 1.54) is 0 Å². The molecule has 6 nitrogen and oxygen atoms in total. The summed E-state index contributed by atoms with van der Waals surface area (Å²) in [5.41, 5.74) is 2.76. The molecular formula is C25H19BrN2O4. The van der Waals surface area contributed by atoms with Gasteiger partial charge in [0.05, 0.1) is 18.2 Å². The minimum atomic E-state index is -1.44. The summed E-state index contributed by atoms with van der Waals surface area (Å²) in [6.07, 6.45) is -0.564. The summed E-state index contributed by atoms with van der Waals surface area (Å²) in [7, 11) is 0. The zero-order valence-corrected chi connectivity index (χ0v) is 18.8. The second kappa shape index (κ2) is 7.97. The molecule has 0 saturated carbocycles. The summed E-state index contributed by atoms with van der Waals surface area (Å²) in [4.78, 5) is 15.3. The molecule has 5 rings (SSSR count). The van der Waals surface area contributed by atoms with Gasteiger partial charge < -0.3 is 19.1 Å². The third kappa shape index (κ3) is 3.15. The number of nitrogens with zero attached hydrogens (tertiary/aromatic N) is 2. The molecule has 0 amide bonds. The third-order valence-electron chi connectivity index (χ3n) is 5.68. The highest BCUT2D eigenvalue weighted by Gasteiger charge is 2.64. The van der Waals surface area contributed by atoms with E-state index in [2.05, 4.69) is 22.0 Å². The van der Waals surface area contributed by atoms with Crippen molar-refractivity contribution in [3.05, 3.63) is 94.0 Å². The number of carbonyl (C=O) groups is 1. The van der Waals surface area contributed by atoms with Gasteiger partial charge in [-0.25, -0.2) is 4.79 Å². The van der Waals surface area contributed by atoms with Gasteiger partial charge in [-0.2, -0.15) is 5.26 Å². The Kier molecular flexibility index (Phi) is 5.12. The van der Waals surface area contributed by atoms with Gasteiger partial charge in [-0.15, -0.1) is 0 Å². The van der Waals surface area contributed by atoms with Crippen LogP contribution in [-0.4, -0.2) is 18.6 Å². The first-order valence-electron chi connectivity index (χ1n) is 10.2. The number of hydrogen-bond acceptors (Lipinski definition) is 6. The summed E-state index contributed by atoms with van der Waals surface area (Å²) in [5, 5.41) is 9.22. The lowest BCUT2D eigenvalue weighted by atomic mass is 9.96. The monoisotopic (exact) mass is 490 g/mol. The fourth-order valence-corrected chi connectivity index (χ4v) is 4.55. The lowest BCUT2D eigenvalue weighted by Crippen LogP contribution is -2.52. The fourth-order valence-electron chi connectivity index (χ4n) is 4.29. The Balaban J connectivity index is 1.74. The van der Waals surface area contributed by atoms with E-state index in [0.717, 1.165) is 15.7 Å². The zero-order valence-electron chi connectivity index (χ0n) is 17.2. The van der Waals surface area contributed by atoms with E-state index < -0.39 is 24.0 Å². The van der Waals surface area contributed by atoms with E-state index in [1.807, 2.05) is 53.4 Å². The van der Waals surface area contributed by atoms with Gasteiger partial charge in [0.25, 0.3) is 5.79 Å². The first kappa shape index (κ1) is 20.6. The number of ether oxygens (including phenoxy) is 3. The molecule has 0 radical (unpaired) electrons. The van der Waals surface area contributed by atoms with Crippen LogP contribution in [0.15, 0.2) is 77.3 Å². The van der Waals surface area contributed by atoms with Crippen LogP contribution in [0.1, 0.15) is 29.8 Å². The Hall–Kier alpha value is -3.34. The summed E-state index contributed by atoms with van der Waals surface area (Å²) in [6.45, 7) is 2.00. The molecule has 3 atom stereocenters. The molecule has 1 fully saturated rings. The van der Waals surface area contributed by atoms with Crippen molar-refractivity contribution in [3.63, 3.8) is 0 Å². The minimum Gasteiger partial charge on any atom is -0.464 e. The summed E-state index contributed by atoms with van der Waals surface area (Å²) in [5.74, 6) is -1.25. The maximum atomic E-state index is 13.4. The van der Waals surface area contributed by atoms with Crippen LogP contribution in [-0.2, 0) is 20.1 Å². The van der Waals surface area contributed by atoms with Crippen LogP contribution < -0.4 is 9.64 Å². The molecule has 0 spiro atoms. The van der Waals surface area contributed by atoms with Gasteiger partial charge in [0, 0.05) is 21.3 Å². The molecule has 0 N–H and O–H groups in total. The van der Waals surface area contributed by atoms with Gasteiger partial charge in [0.2, 0.25) is 6.04 Å². The summed E-state index contributed by atoms with van der Waals surface area (Å²) < 4.78 is 19.4. The van der Waals surface area contributed by atoms with Crippen molar-refractivity contribution < 1.29 is 19.0 Å². The largest absolute Gasteiger partial charge is 0.464 e. The second-order valence-electron chi connectivity index (χ2n) is 7.51. The Morgan fingerprint density at radius 1 is 1.12 bits per heavy atom. The molecule has 32 heavy (non-hydrogen) atoms. The zero-order chi connectivity index (χ0) is 22.3. The smallest absolute Gasteiger partial charge is 0.336 e. The molecule has 0 aliphatic carbocycles. The number of para-hydroxylation sites is 1. The molecular weight excluding hydrogens is 472 g/mol. The van der Waals surface area contributed by atoms with Gasteiger partial charge in [-0.1, -0.05) is 46.3 Å². The van der Waals surface area contributed by atoms with Crippen molar-refractivity contribution in [3.8, 4) is 11.8 Å². The molecule has 1 saturated heterocycles. The number of hydrogen-bond donors (Lipinski definition) is 0.